The lowest BCUT2D eigenvalue weighted by Gasteiger charge is -2.19. The van der Waals surface area contributed by atoms with Crippen molar-refractivity contribution in [3.05, 3.63) is 29.1 Å². The number of benzene rings is 1. The van der Waals surface area contributed by atoms with Gasteiger partial charge in [0, 0.05) is 12.1 Å². The van der Waals surface area contributed by atoms with Gasteiger partial charge in [-0.1, -0.05) is 20.8 Å². The van der Waals surface area contributed by atoms with E-state index in [2.05, 4.69) is 5.32 Å². The number of hydrogen-bond acceptors (Lipinski definition) is 3. The number of primary sulfonamides is 1. The Morgan fingerprint density at radius 3 is 2.35 bits per heavy atom. The fourth-order valence-corrected chi connectivity index (χ4v) is 2.44. The van der Waals surface area contributed by atoms with E-state index >= 15 is 0 Å². The molecule has 0 saturated heterocycles. The summed E-state index contributed by atoms with van der Waals surface area (Å²) < 4.78 is 36.2. The van der Waals surface area contributed by atoms with E-state index in [1.807, 2.05) is 20.8 Å². The predicted octanol–water partition coefficient (Wildman–Crippen LogP) is 1.56. The van der Waals surface area contributed by atoms with Crippen molar-refractivity contribution >= 4 is 15.9 Å². The smallest absolute Gasteiger partial charge is 0.251 e. The van der Waals surface area contributed by atoms with Crippen LogP contribution in [0.4, 0.5) is 4.39 Å². The first-order chi connectivity index (χ1) is 8.92. The number of nitrogens with one attached hydrogen (secondary N) is 1. The van der Waals surface area contributed by atoms with Gasteiger partial charge >= 0.3 is 0 Å². The molecule has 0 heterocycles. The molecule has 20 heavy (non-hydrogen) atoms. The molecule has 0 spiro atoms. The van der Waals surface area contributed by atoms with Crippen molar-refractivity contribution in [3.63, 3.8) is 0 Å². The Labute approximate surface area is 118 Å². The Kier molecular flexibility index (Phi) is 4.55. The summed E-state index contributed by atoms with van der Waals surface area (Å²) in [4.78, 5) is 11.7. The molecule has 0 aromatic heterocycles. The van der Waals surface area contributed by atoms with E-state index in [1.54, 1.807) is 0 Å². The van der Waals surface area contributed by atoms with Crippen LogP contribution in [-0.4, -0.2) is 20.9 Å². The summed E-state index contributed by atoms with van der Waals surface area (Å²) >= 11 is 0. The zero-order chi connectivity index (χ0) is 15.7. The highest BCUT2D eigenvalue weighted by Gasteiger charge is 2.21. The lowest BCUT2D eigenvalue weighted by molar-refractivity contribution is 0.0938. The van der Waals surface area contributed by atoms with E-state index in [4.69, 9.17) is 5.14 Å². The van der Waals surface area contributed by atoms with Crippen LogP contribution in [0, 0.1) is 18.2 Å². The lowest BCUT2D eigenvalue weighted by atomic mass is 9.96. The number of rotatable bonds is 3. The standard InChI is InChI=1S/C13H19FN2O3S/c1-8-10(12(17)16-7-13(2,3)4)5-9(14)6-11(8)20(15,18)19/h5-6H,7H2,1-4H3,(H,16,17)(H2,15,18,19). The minimum Gasteiger partial charge on any atom is -0.352 e. The molecule has 0 aliphatic rings. The summed E-state index contributed by atoms with van der Waals surface area (Å²) in [7, 11) is -4.08. The maximum atomic E-state index is 13.5. The molecule has 0 fully saturated rings. The van der Waals surface area contributed by atoms with E-state index in [-0.39, 0.29) is 21.4 Å². The Morgan fingerprint density at radius 2 is 1.90 bits per heavy atom. The van der Waals surface area contributed by atoms with Crippen molar-refractivity contribution in [2.45, 2.75) is 32.6 Å². The van der Waals surface area contributed by atoms with Gasteiger partial charge in [0.05, 0.1) is 4.90 Å². The van der Waals surface area contributed by atoms with Gasteiger partial charge < -0.3 is 5.32 Å². The fraction of sp³-hybridized carbons (Fsp3) is 0.462. The molecule has 112 valence electrons. The van der Waals surface area contributed by atoms with Crippen molar-refractivity contribution in [2.75, 3.05) is 6.54 Å². The first-order valence-corrected chi connectivity index (χ1v) is 7.57. The highest BCUT2D eigenvalue weighted by molar-refractivity contribution is 7.89. The van der Waals surface area contributed by atoms with Crippen LogP contribution in [0.5, 0.6) is 0 Å². The molecule has 0 aliphatic carbocycles. The molecule has 7 heteroatoms. The van der Waals surface area contributed by atoms with Crippen LogP contribution in [0.3, 0.4) is 0 Å². The SMILES string of the molecule is Cc1c(C(=O)NCC(C)(C)C)cc(F)cc1S(N)(=O)=O. The van der Waals surface area contributed by atoms with E-state index in [9.17, 15) is 17.6 Å². The summed E-state index contributed by atoms with van der Waals surface area (Å²) in [6.45, 7) is 7.60. The number of hydrogen-bond donors (Lipinski definition) is 2. The van der Waals surface area contributed by atoms with Crippen molar-refractivity contribution in [3.8, 4) is 0 Å². The predicted molar refractivity (Wildman–Crippen MR) is 74.3 cm³/mol. The van der Waals surface area contributed by atoms with E-state index in [0.717, 1.165) is 12.1 Å². The Balaban J connectivity index is 3.20. The Morgan fingerprint density at radius 1 is 1.35 bits per heavy atom. The monoisotopic (exact) mass is 302 g/mol. The van der Waals surface area contributed by atoms with Crippen LogP contribution < -0.4 is 10.5 Å². The Bertz CT molecular complexity index is 634. The summed E-state index contributed by atoms with van der Waals surface area (Å²) in [5, 5.41) is 7.66. The third kappa shape index (κ3) is 4.28. The van der Waals surface area contributed by atoms with Gasteiger partial charge in [0.1, 0.15) is 5.82 Å². The highest BCUT2D eigenvalue weighted by Crippen LogP contribution is 2.20. The number of halogens is 1. The molecule has 1 aromatic carbocycles. The number of amides is 1. The van der Waals surface area contributed by atoms with Crippen LogP contribution in [0.2, 0.25) is 0 Å². The molecule has 0 aliphatic heterocycles. The molecule has 0 radical (unpaired) electrons. The van der Waals surface area contributed by atoms with Gasteiger partial charge in [-0.3, -0.25) is 4.79 Å². The molecule has 1 amide bonds. The zero-order valence-electron chi connectivity index (χ0n) is 12.0. The van der Waals surface area contributed by atoms with Crippen LogP contribution in [0.1, 0.15) is 36.7 Å². The van der Waals surface area contributed by atoms with Gasteiger partial charge in [-0.05, 0) is 30.0 Å². The van der Waals surface area contributed by atoms with Gasteiger partial charge in [-0.15, -0.1) is 0 Å². The van der Waals surface area contributed by atoms with E-state index in [1.165, 1.54) is 6.92 Å². The average molecular weight is 302 g/mol. The van der Waals surface area contributed by atoms with E-state index in [0.29, 0.717) is 6.54 Å². The maximum absolute atomic E-state index is 13.5. The van der Waals surface area contributed by atoms with Gasteiger partial charge in [0.2, 0.25) is 10.0 Å². The number of nitrogens with two attached hydrogens (primary N) is 1. The van der Waals surface area contributed by atoms with Gasteiger partial charge in [-0.2, -0.15) is 0 Å². The fourth-order valence-electron chi connectivity index (χ4n) is 1.63. The van der Waals surface area contributed by atoms with E-state index < -0.39 is 21.7 Å². The normalized spacial score (nSPS) is 12.3. The summed E-state index contributed by atoms with van der Waals surface area (Å²) in [5.74, 6) is -1.35. The van der Waals surface area contributed by atoms with Gasteiger partial charge in [0.15, 0.2) is 0 Å². The maximum Gasteiger partial charge on any atom is 0.251 e. The minimum atomic E-state index is -4.08. The third-order valence-corrected chi connectivity index (χ3v) is 3.69. The quantitative estimate of drug-likeness (QED) is 0.888. The first-order valence-electron chi connectivity index (χ1n) is 6.03. The van der Waals surface area contributed by atoms with Gasteiger partial charge in [0.25, 0.3) is 5.91 Å². The molecule has 3 N–H and O–H groups in total. The molecule has 0 bridgehead atoms. The average Bonchev–Trinajstić information content (AvgIpc) is 2.26. The minimum absolute atomic E-state index is 0.0294. The summed E-state index contributed by atoms with van der Waals surface area (Å²) in [6.07, 6.45) is 0. The first kappa shape index (κ1) is 16.6. The zero-order valence-corrected chi connectivity index (χ0v) is 12.8. The van der Waals surface area contributed by atoms with Crippen molar-refractivity contribution in [1.29, 1.82) is 0 Å². The molecular weight excluding hydrogens is 283 g/mol. The number of carbonyl (C=O) groups is 1. The molecule has 1 aromatic rings. The molecule has 0 saturated carbocycles. The van der Waals surface area contributed by atoms with Crippen LogP contribution in [0.15, 0.2) is 17.0 Å². The lowest BCUT2D eigenvalue weighted by Crippen LogP contribution is -2.33. The molecule has 0 atom stereocenters. The van der Waals surface area contributed by atoms with Crippen LogP contribution in [-0.2, 0) is 10.0 Å². The van der Waals surface area contributed by atoms with Crippen molar-refractivity contribution < 1.29 is 17.6 Å². The summed E-state index contributed by atoms with van der Waals surface area (Å²) in [5.41, 5.74) is -0.0294. The highest BCUT2D eigenvalue weighted by atomic mass is 32.2. The Hall–Kier alpha value is -1.47. The molecule has 1 rings (SSSR count). The second-order valence-corrected chi connectivity index (χ2v) is 7.39. The third-order valence-electron chi connectivity index (χ3n) is 2.66. The number of sulfonamides is 1. The largest absolute Gasteiger partial charge is 0.352 e. The van der Waals surface area contributed by atoms with Gasteiger partial charge in [-0.25, -0.2) is 17.9 Å². The van der Waals surface area contributed by atoms with Crippen LogP contribution in [0.25, 0.3) is 0 Å². The van der Waals surface area contributed by atoms with Crippen molar-refractivity contribution in [2.24, 2.45) is 10.6 Å². The molecule has 0 unspecified atom stereocenters. The van der Waals surface area contributed by atoms with Crippen molar-refractivity contribution in [1.82, 2.24) is 5.32 Å². The van der Waals surface area contributed by atoms with Crippen LogP contribution >= 0.6 is 0 Å². The second-order valence-electron chi connectivity index (χ2n) is 5.86. The second kappa shape index (κ2) is 5.49. The number of carbonyl (C=O) groups excluding carboxylic acids is 1. The summed E-state index contributed by atoms with van der Waals surface area (Å²) in [6, 6.07) is 1.81. The topological polar surface area (TPSA) is 89.3 Å². The molecular formula is C13H19FN2O3S. The molecule has 5 nitrogen and oxygen atoms in total.